The van der Waals surface area contributed by atoms with Gasteiger partial charge in [0, 0.05) is 7.05 Å². The summed E-state index contributed by atoms with van der Waals surface area (Å²) in [7, 11) is 3.22. The SMILES string of the molecule is COc1ccccc1C(=O)NCC(=O)O[C@H](C)C(=O)Nc1c(C)nn(C)c1C. The van der Waals surface area contributed by atoms with Crippen LogP contribution in [0.1, 0.15) is 28.7 Å². The Morgan fingerprint density at radius 3 is 2.50 bits per heavy atom. The lowest BCUT2D eigenvalue weighted by Crippen LogP contribution is -2.36. The van der Waals surface area contributed by atoms with E-state index in [1.165, 1.54) is 14.0 Å². The molecule has 9 nitrogen and oxygen atoms in total. The minimum absolute atomic E-state index is 0.297. The summed E-state index contributed by atoms with van der Waals surface area (Å²) in [5.74, 6) is -1.30. The Hall–Kier alpha value is -3.36. The van der Waals surface area contributed by atoms with E-state index in [4.69, 9.17) is 9.47 Å². The van der Waals surface area contributed by atoms with E-state index in [0.717, 1.165) is 5.69 Å². The van der Waals surface area contributed by atoms with E-state index in [1.54, 1.807) is 42.9 Å². The Balaban J connectivity index is 1.88. The van der Waals surface area contributed by atoms with Crippen molar-refractivity contribution in [2.75, 3.05) is 19.0 Å². The number of nitrogens with one attached hydrogen (secondary N) is 2. The van der Waals surface area contributed by atoms with E-state index in [0.29, 0.717) is 22.7 Å². The number of hydrogen-bond acceptors (Lipinski definition) is 6. The molecule has 0 aliphatic heterocycles. The van der Waals surface area contributed by atoms with Gasteiger partial charge < -0.3 is 20.1 Å². The normalized spacial score (nSPS) is 11.5. The van der Waals surface area contributed by atoms with Gasteiger partial charge in [-0.1, -0.05) is 12.1 Å². The van der Waals surface area contributed by atoms with Crippen LogP contribution in [-0.4, -0.2) is 47.3 Å². The number of ether oxygens (including phenoxy) is 2. The zero-order valence-corrected chi connectivity index (χ0v) is 16.5. The molecule has 2 rings (SSSR count). The van der Waals surface area contributed by atoms with Crippen molar-refractivity contribution in [3.05, 3.63) is 41.2 Å². The Morgan fingerprint density at radius 1 is 1.21 bits per heavy atom. The standard InChI is InChI=1S/C19H24N4O5/c1-11-17(12(2)23(4)22-11)21-18(25)13(3)28-16(24)10-20-19(26)14-8-6-7-9-15(14)27-5/h6-9,13H,10H2,1-5H3,(H,20,26)(H,21,25)/t13-/m1/s1. The number of esters is 1. The lowest BCUT2D eigenvalue weighted by molar-refractivity contribution is -0.152. The molecule has 0 radical (unpaired) electrons. The molecule has 28 heavy (non-hydrogen) atoms. The number of carbonyl (C=O) groups excluding carboxylic acids is 3. The van der Waals surface area contributed by atoms with Crippen LogP contribution in [0.25, 0.3) is 0 Å². The number of para-hydroxylation sites is 1. The van der Waals surface area contributed by atoms with Crippen LogP contribution >= 0.6 is 0 Å². The topological polar surface area (TPSA) is 112 Å². The summed E-state index contributed by atoms with van der Waals surface area (Å²) < 4.78 is 11.8. The highest BCUT2D eigenvalue weighted by Gasteiger charge is 2.21. The van der Waals surface area contributed by atoms with Crippen LogP contribution in [0.3, 0.4) is 0 Å². The lowest BCUT2D eigenvalue weighted by atomic mass is 10.2. The Morgan fingerprint density at radius 2 is 1.89 bits per heavy atom. The summed E-state index contributed by atoms with van der Waals surface area (Å²) in [5.41, 5.74) is 2.33. The van der Waals surface area contributed by atoms with E-state index in [9.17, 15) is 14.4 Å². The number of amides is 2. The number of aryl methyl sites for hydroxylation is 2. The second-order valence-corrected chi connectivity index (χ2v) is 6.17. The molecule has 2 N–H and O–H groups in total. The maximum Gasteiger partial charge on any atom is 0.326 e. The van der Waals surface area contributed by atoms with Crippen LogP contribution in [-0.2, 0) is 21.4 Å². The average molecular weight is 388 g/mol. The van der Waals surface area contributed by atoms with Crippen LogP contribution in [0.2, 0.25) is 0 Å². The summed E-state index contributed by atoms with van der Waals surface area (Å²) in [6.45, 7) is 4.67. The van der Waals surface area contributed by atoms with E-state index >= 15 is 0 Å². The van der Waals surface area contributed by atoms with Gasteiger partial charge in [-0.15, -0.1) is 0 Å². The number of hydrogen-bond donors (Lipinski definition) is 2. The van der Waals surface area contributed by atoms with Crippen molar-refractivity contribution in [1.82, 2.24) is 15.1 Å². The van der Waals surface area contributed by atoms with Crippen molar-refractivity contribution < 1.29 is 23.9 Å². The smallest absolute Gasteiger partial charge is 0.326 e. The fourth-order valence-corrected chi connectivity index (χ4v) is 2.55. The average Bonchev–Trinajstić information content (AvgIpc) is 2.91. The highest BCUT2D eigenvalue weighted by Crippen LogP contribution is 2.19. The molecule has 0 unspecified atom stereocenters. The second kappa shape index (κ2) is 9.03. The molecule has 2 amide bonds. The maximum atomic E-state index is 12.3. The first-order valence-electron chi connectivity index (χ1n) is 8.66. The van der Waals surface area contributed by atoms with Gasteiger partial charge in [0.25, 0.3) is 11.8 Å². The van der Waals surface area contributed by atoms with Gasteiger partial charge in [0.2, 0.25) is 0 Å². The van der Waals surface area contributed by atoms with Crippen LogP contribution in [0.4, 0.5) is 5.69 Å². The summed E-state index contributed by atoms with van der Waals surface area (Å²) in [5, 5.41) is 9.37. The van der Waals surface area contributed by atoms with E-state index in [-0.39, 0.29) is 6.54 Å². The van der Waals surface area contributed by atoms with Crippen molar-refractivity contribution in [2.24, 2.45) is 7.05 Å². The highest BCUT2D eigenvalue weighted by molar-refractivity contribution is 5.99. The van der Waals surface area contributed by atoms with E-state index in [1.807, 2.05) is 6.92 Å². The van der Waals surface area contributed by atoms with E-state index in [2.05, 4.69) is 15.7 Å². The molecule has 1 heterocycles. The first-order valence-corrected chi connectivity index (χ1v) is 8.66. The number of benzene rings is 1. The van der Waals surface area contributed by atoms with E-state index < -0.39 is 23.9 Å². The predicted octanol–water partition coefficient (Wildman–Crippen LogP) is 1.35. The summed E-state index contributed by atoms with van der Waals surface area (Å²) in [6, 6.07) is 6.64. The molecule has 0 spiro atoms. The quantitative estimate of drug-likeness (QED) is 0.693. The molecule has 0 saturated heterocycles. The fraction of sp³-hybridized carbons (Fsp3) is 0.368. The van der Waals surface area contributed by atoms with Crippen LogP contribution in [0.5, 0.6) is 5.75 Å². The number of methoxy groups -OCH3 is 1. The molecule has 0 saturated carbocycles. The number of carbonyl (C=O) groups is 3. The Kier molecular flexibility index (Phi) is 6.75. The third-order valence-corrected chi connectivity index (χ3v) is 4.18. The molecule has 0 aliphatic rings. The van der Waals surface area contributed by atoms with Gasteiger partial charge in [-0.05, 0) is 32.9 Å². The molecule has 1 atom stereocenters. The Bertz CT molecular complexity index is 890. The molecule has 1 aromatic heterocycles. The molecule has 150 valence electrons. The van der Waals surface area contributed by atoms with Crippen LogP contribution in [0.15, 0.2) is 24.3 Å². The number of anilines is 1. The number of nitrogens with zero attached hydrogens (tertiary/aromatic N) is 2. The number of aromatic nitrogens is 2. The van der Waals surface area contributed by atoms with Crippen molar-refractivity contribution in [2.45, 2.75) is 26.9 Å². The second-order valence-electron chi connectivity index (χ2n) is 6.17. The molecular weight excluding hydrogens is 364 g/mol. The van der Waals surface area contributed by atoms with Gasteiger partial charge in [0.05, 0.1) is 29.7 Å². The van der Waals surface area contributed by atoms with Crippen molar-refractivity contribution in [1.29, 1.82) is 0 Å². The van der Waals surface area contributed by atoms with Crippen molar-refractivity contribution >= 4 is 23.5 Å². The van der Waals surface area contributed by atoms with Gasteiger partial charge in [-0.3, -0.25) is 19.1 Å². The molecule has 0 aliphatic carbocycles. The third-order valence-electron chi connectivity index (χ3n) is 4.18. The van der Waals surface area contributed by atoms with Crippen molar-refractivity contribution in [3.8, 4) is 5.75 Å². The lowest BCUT2D eigenvalue weighted by Gasteiger charge is -2.14. The Labute approximate surface area is 163 Å². The van der Waals surface area contributed by atoms with Gasteiger partial charge in [-0.25, -0.2) is 0 Å². The summed E-state index contributed by atoms with van der Waals surface area (Å²) in [6.07, 6.45) is -1.03. The molecule has 0 bridgehead atoms. The minimum atomic E-state index is -1.03. The molecular formula is C19H24N4O5. The van der Waals surface area contributed by atoms with Gasteiger partial charge in [-0.2, -0.15) is 5.10 Å². The zero-order chi connectivity index (χ0) is 20.8. The van der Waals surface area contributed by atoms with Gasteiger partial charge in [0.15, 0.2) is 6.10 Å². The largest absolute Gasteiger partial charge is 0.496 e. The highest BCUT2D eigenvalue weighted by atomic mass is 16.5. The maximum absolute atomic E-state index is 12.3. The first-order chi connectivity index (χ1) is 13.2. The first kappa shape index (κ1) is 20.9. The summed E-state index contributed by atoms with van der Waals surface area (Å²) >= 11 is 0. The minimum Gasteiger partial charge on any atom is -0.496 e. The van der Waals surface area contributed by atoms with Gasteiger partial charge >= 0.3 is 5.97 Å². The molecule has 1 aromatic carbocycles. The summed E-state index contributed by atoms with van der Waals surface area (Å²) in [4.78, 5) is 36.4. The zero-order valence-electron chi connectivity index (χ0n) is 16.5. The molecule has 9 heteroatoms. The fourth-order valence-electron chi connectivity index (χ4n) is 2.55. The number of rotatable bonds is 7. The predicted molar refractivity (Wildman–Crippen MR) is 102 cm³/mol. The van der Waals surface area contributed by atoms with Crippen molar-refractivity contribution in [3.63, 3.8) is 0 Å². The van der Waals surface area contributed by atoms with Gasteiger partial charge in [0.1, 0.15) is 12.3 Å². The van der Waals surface area contributed by atoms with Crippen LogP contribution < -0.4 is 15.4 Å². The van der Waals surface area contributed by atoms with Crippen LogP contribution in [0, 0.1) is 13.8 Å². The molecule has 0 fully saturated rings. The molecule has 2 aromatic rings. The monoisotopic (exact) mass is 388 g/mol. The third kappa shape index (κ3) is 4.87.